The number of carbonyl (C=O) groups excluding carboxylic acids is 2. The molecule has 5 nitrogen and oxygen atoms in total. The van der Waals surface area contributed by atoms with E-state index in [1.165, 1.54) is 18.0 Å². The Balaban J connectivity index is 1.91. The van der Waals surface area contributed by atoms with Gasteiger partial charge >= 0.3 is 6.18 Å². The van der Waals surface area contributed by atoms with Crippen molar-refractivity contribution in [2.45, 2.75) is 6.18 Å². The molecule has 0 unspecified atom stereocenters. The van der Waals surface area contributed by atoms with Crippen LogP contribution in [-0.2, 0) is 15.8 Å². The summed E-state index contributed by atoms with van der Waals surface area (Å²) in [4.78, 5) is 25.2. The SMILES string of the molecule is CN(CC(=O)Nc1ccc(Cl)c(C(F)(F)F)c1)CC(=O)Nc1ccc(F)cc1F. The van der Waals surface area contributed by atoms with Crippen molar-refractivity contribution in [2.24, 2.45) is 0 Å². The highest BCUT2D eigenvalue weighted by Crippen LogP contribution is 2.36. The van der Waals surface area contributed by atoms with E-state index in [4.69, 9.17) is 11.6 Å². The zero-order valence-electron chi connectivity index (χ0n) is 14.9. The number of hydrogen-bond donors (Lipinski definition) is 2. The third kappa shape index (κ3) is 6.68. The van der Waals surface area contributed by atoms with Crippen LogP contribution >= 0.6 is 11.6 Å². The second-order valence-corrected chi connectivity index (χ2v) is 6.49. The lowest BCUT2D eigenvalue weighted by molar-refractivity contribution is -0.137. The van der Waals surface area contributed by atoms with Crippen molar-refractivity contribution in [1.29, 1.82) is 0 Å². The fourth-order valence-corrected chi connectivity index (χ4v) is 2.57. The maximum Gasteiger partial charge on any atom is 0.417 e. The minimum Gasteiger partial charge on any atom is -0.325 e. The Bertz CT molecular complexity index is 921. The van der Waals surface area contributed by atoms with E-state index >= 15 is 0 Å². The fourth-order valence-electron chi connectivity index (χ4n) is 2.35. The molecule has 0 bridgehead atoms. The summed E-state index contributed by atoms with van der Waals surface area (Å²) in [7, 11) is 1.41. The Kier molecular flexibility index (Phi) is 7.15. The van der Waals surface area contributed by atoms with Crippen LogP contribution in [0.3, 0.4) is 0 Å². The summed E-state index contributed by atoms with van der Waals surface area (Å²) < 4.78 is 64.9. The van der Waals surface area contributed by atoms with Crippen LogP contribution < -0.4 is 10.6 Å². The molecule has 2 aromatic carbocycles. The van der Waals surface area contributed by atoms with Crippen molar-refractivity contribution < 1.29 is 31.5 Å². The normalized spacial score (nSPS) is 11.4. The second kappa shape index (κ2) is 9.19. The summed E-state index contributed by atoms with van der Waals surface area (Å²) >= 11 is 5.51. The van der Waals surface area contributed by atoms with Crippen molar-refractivity contribution in [3.05, 3.63) is 58.6 Å². The first-order chi connectivity index (χ1) is 13.5. The van der Waals surface area contributed by atoms with E-state index in [1.54, 1.807) is 0 Å². The van der Waals surface area contributed by atoms with Crippen molar-refractivity contribution in [3.63, 3.8) is 0 Å². The molecular weight excluding hydrogens is 421 g/mol. The van der Waals surface area contributed by atoms with Gasteiger partial charge < -0.3 is 10.6 Å². The van der Waals surface area contributed by atoms with Crippen LogP contribution in [0.15, 0.2) is 36.4 Å². The average molecular weight is 436 g/mol. The highest BCUT2D eigenvalue weighted by Gasteiger charge is 2.33. The molecule has 29 heavy (non-hydrogen) atoms. The Hall–Kier alpha value is -2.72. The van der Waals surface area contributed by atoms with Gasteiger partial charge in [-0.1, -0.05) is 11.6 Å². The molecule has 0 atom stereocenters. The number of amides is 2. The van der Waals surface area contributed by atoms with Crippen molar-refractivity contribution in [1.82, 2.24) is 4.90 Å². The molecule has 0 saturated carbocycles. The number of nitrogens with zero attached hydrogens (tertiary/aromatic N) is 1. The third-order valence-electron chi connectivity index (χ3n) is 3.59. The summed E-state index contributed by atoms with van der Waals surface area (Å²) in [5, 5.41) is 4.00. The van der Waals surface area contributed by atoms with Crippen LogP contribution in [0.1, 0.15) is 5.56 Å². The number of halogens is 6. The molecule has 0 aliphatic rings. The van der Waals surface area contributed by atoms with E-state index in [0.29, 0.717) is 12.1 Å². The van der Waals surface area contributed by atoms with E-state index in [0.717, 1.165) is 18.2 Å². The van der Waals surface area contributed by atoms with E-state index in [9.17, 15) is 31.5 Å². The molecule has 0 fully saturated rings. The Morgan fingerprint density at radius 2 is 1.62 bits per heavy atom. The number of hydrogen-bond acceptors (Lipinski definition) is 3. The maximum atomic E-state index is 13.5. The van der Waals surface area contributed by atoms with Gasteiger partial charge in [-0.15, -0.1) is 0 Å². The predicted molar refractivity (Wildman–Crippen MR) is 97.6 cm³/mol. The first-order valence-electron chi connectivity index (χ1n) is 8.05. The number of nitrogens with one attached hydrogen (secondary N) is 2. The number of rotatable bonds is 6. The van der Waals surface area contributed by atoms with Gasteiger partial charge in [0.2, 0.25) is 11.8 Å². The number of carbonyl (C=O) groups is 2. The molecule has 2 rings (SSSR count). The van der Waals surface area contributed by atoms with E-state index in [2.05, 4.69) is 10.6 Å². The maximum absolute atomic E-state index is 13.5. The number of likely N-dealkylation sites (N-methyl/N-ethyl adjacent to an activating group) is 1. The van der Waals surface area contributed by atoms with Crippen LogP contribution in [0.25, 0.3) is 0 Å². The van der Waals surface area contributed by atoms with E-state index < -0.39 is 40.2 Å². The summed E-state index contributed by atoms with van der Waals surface area (Å²) in [6, 6.07) is 5.54. The van der Waals surface area contributed by atoms with Gasteiger partial charge in [-0.2, -0.15) is 13.2 Å². The van der Waals surface area contributed by atoms with Gasteiger partial charge in [0.25, 0.3) is 0 Å². The highest BCUT2D eigenvalue weighted by atomic mass is 35.5. The van der Waals surface area contributed by atoms with E-state index in [-0.39, 0.29) is 24.5 Å². The van der Waals surface area contributed by atoms with Gasteiger partial charge in [-0.3, -0.25) is 14.5 Å². The molecule has 0 aliphatic carbocycles. The molecule has 2 amide bonds. The second-order valence-electron chi connectivity index (χ2n) is 6.09. The predicted octanol–water partition coefficient (Wildman–Crippen LogP) is 4.15. The Morgan fingerprint density at radius 1 is 1.00 bits per heavy atom. The van der Waals surface area contributed by atoms with Crippen LogP contribution in [-0.4, -0.2) is 36.9 Å². The molecule has 0 spiro atoms. The monoisotopic (exact) mass is 435 g/mol. The molecule has 0 aliphatic heterocycles. The van der Waals surface area contributed by atoms with Crippen molar-refractivity contribution in [3.8, 4) is 0 Å². The van der Waals surface area contributed by atoms with Crippen molar-refractivity contribution in [2.75, 3.05) is 30.8 Å². The van der Waals surface area contributed by atoms with Gasteiger partial charge in [0, 0.05) is 11.8 Å². The largest absolute Gasteiger partial charge is 0.417 e. The third-order valence-corrected chi connectivity index (χ3v) is 3.92. The van der Waals surface area contributed by atoms with Gasteiger partial charge in [-0.25, -0.2) is 8.78 Å². The smallest absolute Gasteiger partial charge is 0.325 e. The minimum absolute atomic E-state index is 0.113. The zero-order chi connectivity index (χ0) is 21.8. The molecule has 0 radical (unpaired) electrons. The number of anilines is 2. The lowest BCUT2D eigenvalue weighted by atomic mass is 10.2. The Labute approximate surface area is 167 Å². The summed E-state index contributed by atoms with van der Waals surface area (Å²) in [6.45, 7) is -0.651. The molecule has 0 heterocycles. The van der Waals surface area contributed by atoms with Crippen LogP contribution in [0.2, 0.25) is 5.02 Å². The number of benzene rings is 2. The topological polar surface area (TPSA) is 61.4 Å². The van der Waals surface area contributed by atoms with Crippen LogP contribution in [0.4, 0.5) is 33.3 Å². The first kappa shape index (κ1) is 22.6. The quantitative estimate of drug-likeness (QED) is 0.670. The molecule has 0 aromatic heterocycles. The van der Waals surface area contributed by atoms with Crippen molar-refractivity contribution >= 4 is 34.8 Å². The molecular formula is C18H15ClF5N3O2. The van der Waals surface area contributed by atoms with Crippen LogP contribution in [0, 0.1) is 11.6 Å². The fraction of sp³-hybridized carbons (Fsp3) is 0.222. The summed E-state index contributed by atoms with van der Waals surface area (Å²) in [6.07, 6.45) is -4.68. The number of alkyl halides is 3. The molecule has 2 N–H and O–H groups in total. The van der Waals surface area contributed by atoms with Gasteiger partial charge in [0.05, 0.1) is 29.4 Å². The lowest BCUT2D eigenvalue weighted by Gasteiger charge is -2.17. The van der Waals surface area contributed by atoms with Crippen LogP contribution in [0.5, 0.6) is 0 Å². The van der Waals surface area contributed by atoms with E-state index in [1.807, 2.05) is 0 Å². The molecule has 2 aromatic rings. The molecule has 0 saturated heterocycles. The zero-order valence-corrected chi connectivity index (χ0v) is 15.7. The lowest BCUT2D eigenvalue weighted by Crippen LogP contribution is -2.36. The van der Waals surface area contributed by atoms with Gasteiger partial charge in [0.15, 0.2) is 0 Å². The Morgan fingerprint density at radius 3 is 2.21 bits per heavy atom. The standard InChI is InChI=1S/C18H15ClF5N3O2/c1-27(9-17(29)26-15-5-2-10(20)6-14(15)21)8-16(28)25-11-3-4-13(19)12(7-11)18(22,23)24/h2-7H,8-9H2,1H3,(H,25,28)(H,26,29). The summed E-state index contributed by atoms with van der Waals surface area (Å²) in [5.74, 6) is -3.10. The molecule has 156 valence electrons. The van der Waals surface area contributed by atoms with Gasteiger partial charge in [-0.05, 0) is 37.4 Å². The molecule has 11 heteroatoms. The summed E-state index contributed by atoms with van der Waals surface area (Å²) in [5.41, 5.74) is -1.43. The highest BCUT2D eigenvalue weighted by molar-refractivity contribution is 6.31. The average Bonchev–Trinajstić information content (AvgIpc) is 2.57. The first-order valence-corrected chi connectivity index (χ1v) is 8.43. The van der Waals surface area contributed by atoms with Gasteiger partial charge in [0.1, 0.15) is 11.6 Å². The minimum atomic E-state index is -4.68.